The minimum Gasteiger partial charge on any atom is -0.383 e. The monoisotopic (exact) mass is 245 g/mol. The van der Waals surface area contributed by atoms with Crippen molar-refractivity contribution < 1.29 is 13.3 Å². The van der Waals surface area contributed by atoms with Crippen LogP contribution in [0.15, 0.2) is 29.2 Å². The molecule has 0 saturated heterocycles. The summed E-state index contributed by atoms with van der Waals surface area (Å²) in [6.07, 6.45) is 0. The van der Waals surface area contributed by atoms with Crippen LogP contribution in [0.25, 0.3) is 0 Å². The summed E-state index contributed by atoms with van der Waals surface area (Å²) in [6, 6.07) is 5.88. The van der Waals surface area contributed by atoms with Gasteiger partial charge in [0.1, 0.15) is 5.82 Å². The van der Waals surface area contributed by atoms with Gasteiger partial charge in [-0.15, -0.1) is 0 Å². The van der Waals surface area contributed by atoms with Crippen molar-refractivity contribution in [2.24, 2.45) is 0 Å². The summed E-state index contributed by atoms with van der Waals surface area (Å²) in [5.74, 6) is 0.0481. The fourth-order valence-electron chi connectivity index (χ4n) is 1.30. The number of likely N-dealkylation sites (N-methyl/N-ethyl adjacent to an activating group) is 1. The molecule has 0 bridgehead atoms. The number of nitrogens with one attached hydrogen (secondary N) is 1. The predicted molar refractivity (Wildman–Crippen MR) is 62.4 cm³/mol. The minimum absolute atomic E-state index is 0.00843. The third-order valence-electron chi connectivity index (χ3n) is 2.19. The molecule has 90 valence electrons. The zero-order valence-electron chi connectivity index (χ0n) is 9.40. The van der Waals surface area contributed by atoms with Crippen LogP contribution in [-0.2, 0) is 15.5 Å². The average molecular weight is 245 g/mol. The van der Waals surface area contributed by atoms with Crippen LogP contribution in [0.4, 0.5) is 4.39 Å². The van der Waals surface area contributed by atoms with Gasteiger partial charge in [0, 0.05) is 23.8 Å². The highest BCUT2D eigenvalue weighted by Gasteiger charge is 2.12. The van der Waals surface area contributed by atoms with Gasteiger partial charge in [0.15, 0.2) is 0 Å². The van der Waals surface area contributed by atoms with E-state index in [9.17, 15) is 8.60 Å². The lowest BCUT2D eigenvalue weighted by Gasteiger charge is -2.14. The molecule has 5 heteroatoms. The quantitative estimate of drug-likeness (QED) is 0.817. The van der Waals surface area contributed by atoms with Gasteiger partial charge in [0.2, 0.25) is 0 Å². The smallest absolute Gasteiger partial charge is 0.124 e. The van der Waals surface area contributed by atoms with Crippen molar-refractivity contribution in [3.63, 3.8) is 0 Å². The lowest BCUT2D eigenvalue weighted by Crippen LogP contribution is -2.35. The van der Waals surface area contributed by atoms with Gasteiger partial charge in [0.25, 0.3) is 0 Å². The fourth-order valence-corrected chi connectivity index (χ4v) is 2.60. The van der Waals surface area contributed by atoms with E-state index in [2.05, 4.69) is 5.32 Å². The van der Waals surface area contributed by atoms with Crippen LogP contribution in [0.1, 0.15) is 0 Å². The molecule has 0 aromatic heterocycles. The summed E-state index contributed by atoms with van der Waals surface area (Å²) < 4.78 is 29.8. The third-order valence-corrected chi connectivity index (χ3v) is 3.67. The molecule has 2 atom stereocenters. The van der Waals surface area contributed by atoms with Crippen molar-refractivity contribution in [3.05, 3.63) is 30.1 Å². The molecular formula is C11H16FNO2S. The first-order valence-electron chi connectivity index (χ1n) is 4.97. The molecule has 1 N–H and O–H groups in total. The van der Waals surface area contributed by atoms with Gasteiger partial charge >= 0.3 is 0 Å². The molecule has 0 fully saturated rings. The molecular weight excluding hydrogens is 229 g/mol. The molecule has 16 heavy (non-hydrogen) atoms. The number of ether oxygens (including phenoxy) is 1. The molecule has 2 unspecified atom stereocenters. The molecule has 0 spiro atoms. The van der Waals surface area contributed by atoms with Gasteiger partial charge in [-0.2, -0.15) is 0 Å². The highest BCUT2D eigenvalue weighted by atomic mass is 32.2. The standard InChI is InChI=1S/C11H16FNO2S/c1-13-10(7-15-2)8-16(14)11-5-3-4-9(12)6-11/h3-6,10,13H,7-8H2,1-2H3. The minimum atomic E-state index is -1.21. The van der Waals surface area contributed by atoms with Crippen LogP contribution in [0, 0.1) is 5.82 Å². The van der Waals surface area contributed by atoms with E-state index in [-0.39, 0.29) is 11.9 Å². The number of methoxy groups -OCH3 is 1. The van der Waals surface area contributed by atoms with E-state index in [0.717, 1.165) is 0 Å². The van der Waals surface area contributed by atoms with Gasteiger partial charge in [-0.25, -0.2) is 4.39 Å². The van der Waals surface area contributed by atoms with E-state index in [1.165, 1.54) is 12.1 Å². The van der Waals surface area contributed by atoms with E-state index < -0.39 is 10.8 Å². The maximum atomic E-state index is 12.9. The SMILES string of the molecule is CNC(COC)CS(=O)c1cccc(F)c1. The average Bonchev–Trinajstić information content (AvgIpc) is 2.28. The summed E-state index contributed by atoms with van der Waals surface area (Å²) in [7, 11) is 2.17. The van der Waals surface area contributed by atoms with Crippen molar-refractivity contribution in [2.45, 2.75) is 10.9 Å². The zero-order valence-corrected chi connectivity index (χ0v) is 10.2. The molecule has 3 nitrogen and oxygen atoms in total. The van der Waals surface area contributed by atoms with E-state index in [1.807, 2.05) is 0 Å². The van der Waals surface area contributed by atoms with Crippen LogP contribution < -0.4 is 5.32 Å². The molecule has 0 heterocycles. The molecule has 1 aromatic carbocycles. The lowest BCUT2D eigenvalue weighted by molar-refractivity contribution is 0.176. The Morgan fingerprint density at radius 1 is 1.56 bits per heavy atom. The van der Waals surface area contributed by atoms with Crippen LogP contribution in [0.2, 0.25) is 0 Å². The largest absolute Gasteiger partial charge is 0.383 e. The zero-order chi connectivity index (χ0) is 12.0. The Labute approximate surface area is 97.5 Å². The van der Waals surface area contributed by atoms with E-state index >= 15 is 0 Å². The molecule has 1 rings (SSSR count). The second kappa shape index (κ2) is 6.73. The summed E-state index contributed by atoms with van der Waals surface area (Å²) >= 11 is 0. The van der Waals surface area contributed by atoms with Crippen LogP contribution in [0.3, 0.4) is 0 Å². The van der Waals surface area contributed by atoms with Gasteiger partial charge < -0.3 is 10.1 Å². The van der Waals surface area contributed by atoms with E-state index in [4.69, 9.17) is 4.74 Å². The van der Waals surface area contributed by atoms with E-state index in [1.54, 1.807) is 26.3 Å². The normalized spacial score (nSPS) is 14.7. The first-order valence-corrected chi connectivity index (χ1v) is 6.29. The number of rotatable bonds is 6. The summed E-state index contributed by atoms with van der Waals surface area (Å²) in [5.41, 5.74) is 0. The van der Waals surface area contributed by atoms with Crippen molar-refractivity contribution in [1.29, 1.82) is 0 Å². The topological polar surface area (TPSA) is 38.3 Å². The lowest BCUT2D eigenvalue weighted by atomic mass is 10.3. The van der Waals surface area contributed by atoms with Crippen molar-refractivity contribution >= 4 is 10.8 Å². The molecule has 0 aliphatic heterocycles. The Morgan fingerprint density at radius 2 is 2.31 bits per heavy atom. The van der Waals surface area contributed by atoms with Crippen LogP contribution >= 0.6 is 0 Å². The van der Waals surface area contributed by atoms with E-state index in [0.29, 0.717) is 17.3 Å². The van der Waals surface area contributed by atoms with Crippen LogP contribution in [-0.4, -0.2) is 36.8 Å². The molecule has 1 aromatic rings. The predicted octanol–water partition coefficient (Wildman–Crippen LogP) is 1.17. The van der Waals surface area contributed by atoms with Crippen molar-refractivity contribution in [2.75, 3.05) is 26.5 Å². The van der Waals surface area contributed by atoms with Gasteiger partial charge in [0.05, 0.1) is 17.4 Å². The van der Waals surface area contributed by atoms with Gasteiger partial charge in [-0.3, -0.25) is 4.21 Å². The number of benzene rings is 1. The maximum absolute atomic E-state index is 12.9. The van der Waals surface area contributed by atoms with Crippen molar-refractivity contribution in [1.82, 2.24) is 5.32 Å². The van der Waals surface area contributed by atoms with Gasteiger partial charge in [-0.05, 0) is 25.2 Å². The van der Waals surface area contributed by atoms with Gasteiger partial charge in [-0.1, -0.05) is 6.07 Å². The number of halogens is 1. The second-order valence-electron chi connectivity index (χ2n) is 3.41. The maximum Gasteiger partial charge on any atom is 0.124 e. The van der Waals surface area contributed by atoms with Crippen molar-refractivity contribution in [3.8, 4) is 0 Å². The highest BCUT2D eigenvalue weighted by molar-refractivity contribution is 7.85. The second-order valence-corrected chi connectivity index (χ2v) is 4.91. The first kappa shape index (κ1) is 13.3. The van der Waals surface area contributed by atoms with Crippen LogP contribution in [0.5, 0.6) is 0 Å². The molecule has 0 aliphatic rings. The Kier molecular flexibility index (Phi) is 5.59. The Bertz CT molecular complexity index is 360. The third kappa shape index (κ3) is 4.00. The Balaban J connectivity index is 2.64. The highest BCUT2D eigenvalue weighted by Crippen LogP contribution is 2.09. The Hall–Kier alpha value is -0.780. The number of hydrogen-bond acceptors (Lipinski definition) is 3. The summed E-state index contributed by atoms with van der Waals surface area (Å²) in [4.78, 5) is 0.511. The molecule has 0 aliphatic carbocycles. The molecule has 0 radical (unpaired) electrons. The molecule has 0 saturated carbocycles. The number of hydrogen-bond donors (Lipinski definition) is 1. The Morgan fingerprint density at radius 3 is 2.88 bits per heavy atom. The first-order chi connectivity index (χ1) is 7.67. The fraction of sp³-hybridized carbons (Fsp3) is 0.455. The summed E-state index contributed by atoms with van der Waals surface area (Å²) in [5, 5.41) is 3.01. The summed E-state index contributed by atoms with van der Waals surface area (Å²) in [6.45, 7) is 0.484. The molecule has 0 amide bonds.